The zero-order valence-electron chi connectivity index (χ0n) is 23.0. The Balaban J connectivity index is 3.50. The molecule has 0 aliphatic heterocycles. The van der Waals surface area contributed by atoms with Crippen molar-refractivity contribution in [1.29, 1.82) is 0 Å². The van der Waals surface area contributed by atoms with Crippen LogP contribution in [0.3, 0.4) is 0 Å². The van der Waals surface area contributed by atoms with Crippen molar-refractivity contribution >= 4 is 35.9 Å². The van der Waals surface area contributed by atoms with Crippen molar-refractivity contribution in [2.24, 2.45) is 0 Å². The lowest BCUT2D eigenvalue weighted by Gasteiger charge is -2.08. The van der Waals surface area contributed by atoms with E-state index in [4.69, 9.17) is 28.4 Å². The van der Waals surface area contributed by atoms with E-state index in [1.54, 1.807) is 0 Å². The van der Waals surface area contributed by atoms with Crippen LogP contribution < -0.4 is 5.32 Å². The number of ether oxygens (including phenoxy) is 6. The van der Waals surface area contributed by atoms with Gasteiger partial charge in [0.15, 0.2) is 0 Å². The van der Waals surface area contributed by atoms with Gasteiger partial charge in [-0.3, -0.25) is 14.4 Å². The Morgan fingerprint density at radius 3 is 1.43 bits per heavy atom. The molecule has 0 aliphatic rings. The number of esters is 5. The zero-order valence-corrected chi connectivity index (χ0v) is 23.0. The van der Waals surface area contributed by atoms with Gasteiger partial charge in [0.25, 0.3) is 0 Å². The quantitative estimate of drug-likeness (QED) is 0.0779. The van der Waals surface area contributed by atoms with Crippen LogP contribution in [-0.4, -0.2) is 82.1 Å². The molecule has 0 aromatic rings. The number of rotatable bonds is 24. The number of carbonyl (C=O) groups is 6. The second kappa shape index (κ2) is 25.4. The summed E-state index contributed by atoms with van der Waals surface area (Å²) in [6, 6.07) is 0. The summed E-state index contributed by atoms with van der Waals surface area (Å²) in [6.45, 7) is 7.17. The summed E-state index contributed by atoms with van der Waals surface area (Å²) in [7, 11) is 0. The van der Waals surface area contributed by atoms with Crippen LogP contribution in [-0.2, 0) is 52.4 Å². The summed E-state index contributed by atoms with van der Waals surface area (Å²) in [5.74, 6) is -2.29. The molecule has 0 bridgehead atoms. The first kappa shape index (κ1) is 36.1. The SMILES string of the molecule is C=CC(=O)OCCCC(=O)OCCCCCC(=O)OCCOC(=O)CCCCCOC(=O)NCCOC(=O)C=C. The summed E-state index contributed by atoms with van der Waals surface area (Å²) >= 11 is 0. The van der Waals surface area contributed by atoms with Gasteiger partial charge in [-0.1, -0.05) is 13.2 Å². The molecule has 0 fully saturated rings. The average molecular weight is 572 g/mol. The maximum Gasteiger partial charge on any atom is 0.407 e. The van der Waals surface area contributed by atoms with Gasteiger partial charge in [0.05, 0.1) is 26.4 Å². The summed E-state index contributed by atoms with van der Waals surface area (Å²) < 4.78 is 29.5. The Bertz CT molecular complexity index is 745. The highest BCUT2D eigenvalue weighted by Crippen LogP contribution is 2.04. The molecule has 0 aromatic carbocycles. The van der Waals surface area contributed by atoms with Gasteiger partial charge in [0, 0.05) is 31.4 Å². The Labute approximate surface area is 234 Å². The predicted molar refractivity (Wildman–Crippen MR) is 141 cm³/mol. The normalized spacial score (nSPS) is 10.0. The number of hydrogen-bond donors (Lipinski definition) is 1. The minimum atomic E-state index is -0.622. The molecule has 0 unspecified atom stereocenters. The molecule has 0 aliphatic carbocycles. The van der Waals surface area contributed by atoms with Gasteiger partial charge in [-0.25, -0.2) is 14.4 Å². The highest BCUT2D eigenvalue weighted by molar-refractivity contribution is 5.81. The molecule has 0 heterocycles. The second-order valence-electron chi connectivity index (χ2n) is 8.19. The highest BCUT2D eigenvalue weighted by atomic mass is 16.6. The molecule has 0 saturated heterocycles. The minimum absolute atomic E-state index is 0.0172. The van der Waals surface area contributed by atoms with Gasteiger partial charge in [0.1, 0.15) is 19.8 Å². The number of hydrogen-bond acceptors (Lipinski definition) is 12. The highest BCUT2D eigenvalue weighted by Gasteiger charge is 2.08. The monoisotopic (exact) mass is 571 g/mol. The molecule has 40 heavy (non-hydrogen) atoms. The van der Waals surface area contributed by atoms with Crippen LogP contribution in [0.5, 0.6) is 0 Å². The Morgan fingerprint density at radius 1 is 0.475 bits per heavy atom. The largest absolute Gasteiger partial charge is 0.466 e. The van der Waals surface area contributed by atoms with Crippen LogP contribution in [0, 0.1) is 0 Å². The van der Waals surface area contributed by atoms with Gasteiger partial charge in [-0.15, -0.1) is 0 Å². The Morgan fingerprint density at radius 2 is 0.900 bits per heavy atom. The lowest BCUT2D eigenvalue weighted by Crippen LogP contribution is -2.28. The maximum absolute atomic E-state index is 11.7. The second-order valence-corrected chi connectivity index (χ2v) is 8.19. The fourth-order valence-corrected chi connectivity index (χ4v) is 2.84. The summed E-state index contributed by atoms with van der Waals surface area (Å²) in [6.07, 6.45) is 6.02. The van der Waals surface area contributed by atoms with Crippen LogP contribution in [0.15, 0.2) is 25.3 Å². The third-order valence-corrected chi connectivity index (χ3v) is 4.87. The fraction of sp³-hybridized carbons (Fsp3) is 0.630. The molecular formula is C27H41NO12. The van der Waals surface area contributed by atoms with Crippen LogP contribution in [0.4, 0.5) is 4.79 Å². The van der Waals surface area contributed by atoms with E-state index >= 15 is 0 Å². The molecule has 0 atom stereocenters. The van der Waals surface area contributed by atoms with Crippen molar-refractivity contribution in [2.45, 2.75) is 64.2 Å². The summed E-state index contributed by atoms with van der Waals surface area (Å²) in [5.41, 5.74) is 0. The standard InChI is InChI=1S/C27H41NO12/c1-3-22(29)35-18-11-14-26(33)36-16-9-5-7-12-24(31)38-20-21-39-25(32)13-8-6-10-17-40-27(34)28-15-19-37-23(30)4-2/h3-4H,1-2,5-21H2,(H,28,34). The molecule has 0 saturated carbocycles. The van der Waals surface area contributed by atoms with E-state index in [0.717, 1.165) is 12.2 Å². The van der Waals surface area contributed by atoms with E-state index in [-0.39, 0.29) is 71.4 Å². The first-order chi connectivity index (χ1) is 19.3. The van der Waals surface area contributed by atoms with Crippen molar-refractivity contribution in [3.05, 3.63) is 25.3 Å². The molecule has 0 rings (SSSR count). The van der Waals surface area contributed by atoms with Crippen molar-refractivity contribution in [2.75, 3.05) is 46.2 Å². The summed E-state index contributed by atoms with van der Waals surface area (Å²) in [4.78, 5) is 68.1. The third kappa shape index (κ3) is 24.4. The zero-order chi connectivity index (χ0) is 29.8. The van der Waals surface area contributed by atoms with Crippen LogP contribution in [0.1, 0.15) is 64.2 Å². The van der Waals surface area contributed by atoms with Crippen molar-refractivity contribution in [3.63, 3.8) is 0 Å². The van der Waals surface area contributed by atoms with E-state index < -0.39 is 30.0 Å². The Kier molecular flexibility index (Phi) is 22.9. The fourth-order valence-electron chi connectivity index (χ4n) is 2.84. The maximum atomic E-state index is 11.7. The van der Waals surface area contributed by atoms with Gasteiger partial charge in [0.2, 0.25) is 0 Å². The first-order valence-corrected chi connectivity index (χ1v) is 13.2. The smallest absolute Gasteiger partial charge is 0.407 e. The number of alkyl carbamates (subject to hydrolysis) is 1. The van der Waals surface area contributed by atoms with Crippen LogP contribution >= 0.6 is 0 Å². The predicted octanol–water partition coefficient (Wildman–Crippen LogP) is 2.70. The minimum Gasteiger partial charge on any atom is -0.466 e. The van der Waals surface area contributed by atoms with E-state index in [1.165, 1.54) is 0 Å². The molecule has 1 N–H and O–H groups in total. The van der Waals surface area contributed by atoms with E-state index in [2.05, 4.69) is 18.5 Å². The van der Waals surface area contributed by atoms with Gasteiger partial charge >= 0.3 is 35.9 Å². The topological polar surface area (TPSA) is 170 Å². The number of carbonyl (C=O) groups excluding carboxylic acids is 6. The van der Waals surface area contributed by atoms with Gasteiger partial charge in [-0.05, 0) is 44.9 Å². The number of nitrogens with one attached hydrogen (secondary N) is 1. The summed E-state index contributed by atoms with van der Waals surface area (Å²) in [5, 5.41) is 2.43. The molecule has 0 radical (unpaired) electrons. The molecule has 13 nitrogen and oxygen atoms in total. The number of unbranched alkanes of at least 4 members (excludes halogenated alkanes) is 4. The molecule has 13 heteroatoms. The molecule has 0 spiro atoms. The van der Waals surface area contributed by atoms with E-state index in [1.807, 2.05) is 0 Å². The van der Waals surface area contributed by atoms with Crippen molar-refractivity contribution in [3.8, 4) is 0 Å². The van der Waals surface area contributed by atoms with E-state index in [0.29, 0.717) is 44.9 Å². The third-order valence-electron chi connectivity index (χ3n) is 4.87. The lowest BCUT2D eigenvalue weighted by molar-refractivity contribution is -0.152. The Hall–Kier alpha value is -3.90. The van der Waals surface area contributed by atoms with Crippen molar-refractivity contribution in [1.82, 2.24) is 5.32 Å². The molecule has 0 aromatic heterocycles. The molecule has 1 amide bonds. The van der Waals surface area contributed by atoms with Crippen LogP contribution in [0.25, 0.3) is 0 Å². The molecule has 226 valence electrons. The first-order valence-electron chi connectivity index (χ1n) is 13.2. The average Bonchev–Trinajstić information content (AvgIpc) is 2.94. The molecular weight excluding hydrogens is 530 g/mol. The number of amides is 1. The van der Waals surface area contributed by atoms with Gasteiger partial charge in [-0.2, -0.15) is 0 Å². The van der Waals surface area contributed by atoms with E-state index in [9.17, 15) is 28.8 Å². The lowest BCUT2D eigenvalue weighted by atomic mass is 10.2. The van der Waals surface area contributed by atoms with Crippen LogP contribution in [0.2, 0.25) is 0 Å². The van der Waals surface area contributed by atoms with Crippen molar-refractivity contribution < 1.29 is 57.2 Å². The van der Waals surface area contributed by atoms with Gasteiger partial charge < -0.3 is 33.7 Å².